The number of carbonyl (C=O) groups is 2. The molecule has 2 aliphatic rings. The van der Waals surface area contributed by atoms with Gasteiger partial charge in [0.15, 0.2) is 5.78 Å². The number of fused-ring (bicyclic) bond motifs is 1. The number of nitrogens with zero attached hydrogens (tertiary/aromatic N) is 1. The van der Waals surface area contributed by atoms with E-state index < -0.39 is 5.60 Å². The minimum atomic E-state index is -0.433. The Morgan fingerprint density at radius 2 is 1.92 bits per heavy atom. The van der Waals surface area contributed by atoms with E-state index >= 15 is 0 Å². The normalized spacial score (nSPS) is 19.4. The minimum Gasteiger partial charge on any atom is -0.486 e. The predicted octanol–water partition coefficient (Wildman–Crippen LogP) is 3.68. The number of ketones is 1. The van der Waals surface area contributed by atoms with Crippen LogP contribution in [0.5, 0.6) is 5.75 Å². The Morgan fingerprint density at radius 3 is 2.54 bits per heavy atom. The van der Waals surface area contributed by atoms with Gasteiger partial charge in [0.05, 0.1) is 12.0 Å². The van der Waals surface area contributed by atoms with Crippen molar-refractivity contribution in [3.8, 4) is 5.75 Å². The van der Waals surface area contributed by atoms with Crippen molar-refractivity contribution < 1.29 is 14.3 Å². The maximum atomic E-state index is 12.6. The second-order valence-electron chi connectivity index (χ2n) is 7.75. The molecule has 4 heteroatoms. The predicted molar refractivity (Wildman–Crippen MR) is 93.5 cm³/mol. The summed E-state index contributed by atoms with van der Waals surface area (Å²) < 4.78 is 6.39. The van der Waals surface area contributed by atoms with E-state index in [1.807, 2.05) is 30.9 Å². The molecule has 1 spiro atoms. The topological polar surface area (TPSA) is 46.6 Å². The summed E-state index contributed by atoms with van der Waals surface area (Å²) in [6, 6.07) is 3.87. The van der Waals surface area contributed by atoms with Gasteiger partial charge in [0, 0.05) is 32.4 Å². The molecule has 1 fully saturated rings. The highest BCUT2D eigenvalue weighted by atomic mass is 16.5. The van der Waals surface area contributed by atoms with Crippen molar-refractivity contribution >= 4 is 11.7 Å². The molecule has 2 heterocycles. The summed E-state index contributed by atoms with van der Waals surface area (Å²) in [4.78, 5) is 26.8. The highest BCUT2D eigenvalue weighted by molar-refractivity contribution is 6.01. The van der Waals surface area contributed by atoms with Crippen molar-refractivity contribution in [1.29, 1.82) is 0 Å². The number of piperidine rings is 1. The van der Waals surface area contributed by atoms with Gasteiger partial charge in [-0.3, -0.25) is 9.59 Å². The van der Waals surface area contributed by atoms with Crippen LogP contribution in [0.3, 0.4) is 0 Å². The number of hydrogen-bond acceptors (Lipinski definition) is 3. The number of Topliss-reactive ketones (excluding diaryl/α,β-unsaturated/α-hetero) is 1. The van der Waals surface area contributed by atoms with Crippen LogP contribution in [0.15, 0.2) is 12.1 Å². The van der Waals surface area contributed by atoms with E-state index in [2.05, 4.69) is 13.8 Å². The van der Waals surface area contributed by atoms with Gasteiger partial charge in [-0.1, -0.05) is 19.9 Å². The zero-order valence-electron chi connectivity index (χ0n) is 15.1. The number of benzene rings is 1. The SMILES string of the molecule is Cc1ccc2c(c1C)OC1(CCN(C(=O)CC(C)C)CC1)CC2=O. The van der Waals surface area contributed by atoms with E-state index in [4.69, 9.17) is 4.74 Å². The van der Waals surface area contributed by atoms with Crippen LogP contribution in [-0.2, 0) is 4.79 Å². The summed E-state index contributed by atoms with van der Waals surface area (Å²) in [5.41, 5.74) is 2.47. The number of hydrogen-bond donors (Lipinski definition) is 0. The zero-order valence-corrected chi connectivity index (χ0v) is 15.1. The summed E-state index contributed by atoms with van der Waals surface area (Å²) in [7, 11) is 0. The maximum Gasteiger partial charge on any atom is 0.222 e. The van der Waals surface area contributed by atoms with E-state index in [-0.39, 0.29) is 11.7 Å². The van der Waals surface area contributed by atoms with E-state index in [1.165, 1.54) is 0 Å². The van der Waals surface area contributed by atoms with Gasteiger partial charge >= 0.3 is 0 Å². The molecule has 2 aliphatic heterocycles. The summed E-state index contributed by atoms with van der Waals surface area (Å²) in [5.74, 6) is 1.52. The van der Waals surface area contributed by atoms with Gasteiger partial charge < -0.3 is 9.64 Å². The van der Waals surface area contributed by atoms with Gasteiger partial charge in [0.2, 0.25) is 5.91 Å². The largest absolute Gasteiger partial charge is 0.486 e. The van der Waals surface area contributed by atoms with Crippen molar-refractivity contribution in [2.75, 3.05) is 13.1 Å². The van der Waals surface area contributed by atoms with Crippen LogP contribution in [0.2, 0.25) is 0 Å². The minimum absolute atomic E-state index is 0.168. The fraction of sp³-hybridized carbons (Fsp3) is 0.600. The molecule has 130 valence electrons. The lowest BCUT2D eigenvalue weighted by Gasteiger charge is -2.44. The number of amides is 1. The summed E-state index contributed by atoms with van der Waals surface area (Å²) in [6.45, 7) is 9.54. The van der Waals surface area contributed by atoms with E-state index in [0.717, 1.165) is 29.7 Å². The standard InChI is InChI=1S/C20H27NO3/c1-13(2)11-18(23)21-9-7-20(8-10-21)12-17(22)16-6-5-14(3)15(4)19(16)24-20/h5-6,13H,7-12H2,1-4H3. The lowest BCUT2D eigenvalue weighted by molar-refractivity contribution is -0.135. The lowest BCUT2D eigenvalue weighted by Crippen LogP contribution is -2.52. The summed E-state index contributed by atoms with van der Waals surface area (Å²) in [6.07, 6.45) is 2.48. The molecule has 0 atom stereocenters. The van der Waals surface area contributed by atoms with Crippen LogP contribution in [0, 0.1) is 19.8 Å². The average Bonchev–Trinajstić information content (AvgIpc) is 2.51. The smallest absolute Gasteiger partial charge is 0.222 e. The second-order valence-corrected chi connectivity index (χ2v) is 7.75. The third-order valence-corrected chi connectivity index (χ3v) is 5.39. The molecule has 24 heavy (non-hydrogen) atoms. The first kappa shape index (κ1) is 17.0. The van der Waals surface area contributed by atoms with Gasteiger partial charge in [-0.25, -0.2) is 0 Å². The maximum absolute atomic E-state index is 12.6. The summed E-state index contributed by atoms with van der Waals surface area (Å²) in [5, 5.41) is 0. The lowest BCUT2D eigenvalue weighted by atomic mass is 9.81. The number of likely N-dealkylation sites (tertiary alicyclic amines) is 1. The Balaban J connectivity index is 1.76. The zero-order chi connectivity index (χ0) is 17.5. The highest BCUT2D eigenvalue weighted by Gasteiger charge is 2.44. The molecular formula is C20H27NO3. The van der Waals surface area contributed by atoms with Crippen LogP contribution in [-0.4, -0.2) is 35.3 Å². The second kappa shape index (κ2) is 6.23. The van der Waals surface area contributed by atoms with Crippen molar-refractivity contribution in [1.82, 2.24) is 4.90 Å². The van der Waals surface area contributed by atoms with Crippen LogP contribution < -0.4 is 4.74 Å². The number of carbonyl (C=O) groups excluding carboxylic acids is 2. The van der Waals surface area contributed by atoms with Crippen molar-refractivity contribution in [3.05, 3.63) is 28.8 Å². The molecule has 4 nitrogen and oxygen atoms in total. The van der Waals surface area contributed by atoms with Crippen molar-refractivity contribution in [3.63, 3.8) is 0 Å². The molecule has 1 aromatic rings. The molecule has 0 bridgehead atoms. The average molecular weight is 329 g/mol. The Kier molecular flexibility index (Phi) is 4.41. The monoisotopic (exact) mass is 329 g/mol. The number of rotatable bonds is 2. The van der Waals surface area contributed by atoms with Gasteiger partial charge in [0.1, 0.15) is 11.4 Å². The van der Waals surface area contributed by atoms with Gasteiger partial charge in [-0.05, 0) is 37.0 Å². The Labute approximate surface area is 144 Å². The number of ether oxygens (including phenoxy) is 1. The fourth-order valence-corrected chi connectivity index (χ4v) is 3.70. The van der Waals surface area contributed by atoms with Crippen LogP contribution in [0.1, 0.15) is 61.0 Å². The van der Waals surface area contributed by atoms with Gasteiger partial charge in [0.25, 0.3) is 0 Å². The molecule has 0 aliphatic carbocycles. The quantitative estimate of drug-likeness (QED) is 0.831. The van der Waals surface area contributed by atoms with Crippen LogP contribution in [0.4, 0.5) is 0 Å². The molecule has 0 unspecified atom stereocenters. The van der Waals surface area contributed by atoms with Crippen molar-refractivity contribution in [2.24, 2.45) is 5.92 Å². The third-order valence-electron chi connectivity index (χ3n) is 5.39. The van der Waals surface area contributed by atoms with E-state index in [0.29, 0.717) is 37.4 Å². The fourth-order valence-electron chi connectivity index (χ4n) is 3.70. The summed E-state index contributed by atoms with van der Waals surface area (Å²) >= 11 is 0. The Morgan fingerprint density at radius 1 is 1.25 bits per heavy atom. The van der Waals surface area contributed by atoms with Gasteiger partial charge in [-0.15, -0.1) is 0 Å². The first-order valence-electron chi connectivity index (χ1n) is 8.91. The van der Waals surface area contributed by atoms with Crippen molar-refractivity contribution in [2.45, 2.75) is 59.0 Å². The Hall–Kier alpha value is -1.84. The Bertz CT molecular complexity index is 670. The first-order valence-corrected chi connectivity index (χ1v) is 8.91. The van der Waals surface area contributed by atoms with Crippen LogP contribution >= 0.6 is 0 Å². The molecule has 0 radical (unpaired) electrons. The number of aryl methyl sites for hydroxylation is 1. The molecule has 3 rings (SSSR count). The molecular weight excluding hydrogens is 302 g/mol. The molecule has 1 aromatic carbocycles. The third kappa shape index (κ3) is 3.06. The molecule has 0 saturated carbocycles. The van der Waals surface area contributed by atoms with Gasteiger partial charge in [-0.2, -0.15) is 0 Å². The van der Waals surface area contributed by atoms with E-state index in [1.54, 1.807) is 0 Å². The first-order chi connectivity index (χ1) is 11.3. The molecule has 0 N–H and O–H groups in total. The molecule has 1 amide bonds. The van der Waals surface area contributed by atoms with E-state index in [9.17, 15) is 9.59 Å². The highest BCUT2D eigenvalue weighted by Crippen LogP contribution is 2.41. The molecule has 0 aromatic heterocycles. The molecule has 1 saturated heterocycles. The van der Waals surface area contributed by atoms with Crippen LogP contribution in [0.25, 0.3) is 0 Å².